The molecule has 18 aromatic rings. The Morgan fingerprint density at radius 3 is 1.63 bits per heavy atom. The number of nitrogens with zero attached hydrogens (tertiary/aromatic N) is 6. The number of carbonyl (C=O) groups is 2. The summed E-state index contributed by atoms with van der Waals surface area (Å²) in [5.41, 5.74) is 28.2. The van der Waals surface area contributed by atoms with E-state index in [1.54, 1.807) is 22.7 Å². The normalized spacial score (nSPS) is 14.0. The molecule has 3 aliphatic heterocycles. The Kier molecular flexibility index (Phi) is 27.6. The first-order valence-corrected chi connectivity index (χ1v) is 43.4. The summed E-state index contributed by atoms with van der Waals surface area (Å²) >= 11 is 3.52. The van der Waals surface area contributed by atoms with E-state index < -0.39 is 10.8 Å². The van der Waals surface area contributed by atoms with Crippen LogP contribution in [0.25, 0.3) is 98.1 Å². The molecule has 127 heavy (non-hydrogen) atoms. The van der Waals surface area contributed by atoms with Crippen LogP contribution in [-0.4, -0.2) is 41.7 Å². The van der Waals surface area contributed by atoms with Crippen LogP contribution < -0.4 is 9.47 Å². The van der Waals surface area contributed by atoms with Crippen molar-refractivity contribution in [1.29, 1.82) is 0 Å². The molecule has 22 rings (SSSR count). The number of thiophene rings is 2. The number of benzene rings is 11. The Bertz CT molecular complexity index is 7030. The maximum absolute atomic E-state index is 10.0. The van der Waals surface area contributed by atoms with E-state index in [9.17, 15) is 9.59 Å². The monoisotopic (exact) mass is 2230 g/mol. The number of anilines is 3. The Morgan fingerprint density at radius 2 is 1.03 bits per heavy atom. The van der Waals surface area contributed by atoms with Crippen LogP contribution in [0, 0.1) is 24.3 Å². The number of hydrogen-bond acceptors (Lipinski definition) is 11. The van der Waals surface area contributed by atoms with Gasteiger partial charge in [-0.15, -0.1) is 141 Å². The van der Waals surface area contributed by atoms with Gasteiger partial charge in [-0.1, -0.05) is 253 Å². The second-order valence-corrected chi connectivity index (χ2v) is 35.0. The first-order chi connectivity index (χ1) is 60.1. The minimum atomic E-state index is -0.646. The maximum atomic E-state index is 10.0. The molecule has 1 unspecified atom stereocenters. The van der Waals surface area contributed by atoms with Crippen LogP contribution in [-0.2, 0) is 99.1 Å². The molecule has 11 aromatic carbocycles. The number of aliphatic hydroxyl groups is 2. The van der Waals surface area contributed by atoms with Crippen LogP contribution in [0.15, 0.2) is 356 Å². The third-order valence-electron chi connectivity index (χ3n) is 23.6. The van der Waals surface area contributed by atoms with E-state index >= 15 is 0 Å². The van der Waals surface area contributed by atoms with Gasteiger partial charge in [0.25, 0.3) is 0 Å². The molecule has 0 bridgehead atoms. The molecule has 2 N–H and O–H groups in total. The predicted octanol–water partition coefficient (Wildman–Crippen LogP) is 27.1. The Hall–Kier alpha value is -12.2. The average molecular weight is 2230 g/mol. The molecule has 0 fully saturated rings. The van der Waals surface area contributed by atoms with Crippen molar-refractivity contribution in [1.82, 2.24) is 19.9 Å². The Morgan fingerprint density at radius 1 is 0.480 bits per heavy atom. The SMILES string of the molecule is CC(=O)C=C(C)O.CC(=O)C=C(C)O.CC(C)(C)c1c[c-]c(-c2nc3ccccc3c3sccc23)cc1.CC1(C)c2cccc3c2-c2c4c1cccc4cc[n+]2C3.CC1(c2ccccc2)c2ccc(-c3ccccn3)[c-]c2N2c3[c-]c(-c4ccccn4)ccc3C(c3ccccc3)(c3ccccc3)c3cccc1c32.[Ir].[Ir].[Pt+2].[c-]1ccccc1-c1nccc2sccc12. The number of para-hydroxylation sites is 2. The molecular formula is C112H91Ir2N6O4PtS2-. The number of ketones is 2. The molecule has 2 radical (unpaired) electrons. The van der Waals surface area contributed by atoms with E-state index in [1.165, 1.54) is 143 Å². The van der Waals surface area contributed by atoms with Crippen LogP contribution >= 0.6 is 22.7 Å². The van der Waals surface area contributed by atoms with Crippen molar-refractivity contribution in [3.8, 4) is 56.3 Å². The smallest absolute Gasteiger partial charge is 0.512 e. The van der Waals surface area contributed by atoms with Gasteiger partial charge in [-0.25, -0.2) is 0 Å². The third kappa shape index (κ3) is 17.7. The molecule has 7 aromatic heterocycles. The number of hydrogen-bond donors (Lipinski definition) is 2. The summed E-state index contributed by atoms with van der Waals surface area (Å²) in [5, 5.41) is 27.4. The van der Waals surface area contributed by atoms with Gasteiger partial charge in [0.15, 0.2) is 24.3 Å². The van der Waals surface area contributed by atoms with E-state index in [4.69, 9.17) is 25.2 Å². The molecule has 0 saturated heterocycles. The van der Waals surface area contributed by atoms with Gasteiger partial charge in [-0.05, 0) is 157 Å². The van der Waals surface area contributed by atoms with Crippen molar-refractivity contribution in [2.24, 2.45) is 0 Å². The molecule has 1 aliphatic carbocycles. The minimum Gasteiger partial charge on any atom is -0.512 e. The molecule has 1 atom stereocenters. The molecule has 0 saturated carbocycles. The molecular weight excluding hydrogens is 2140 g/mol. The van der Waals surface area contributed by atoms with Crippen molar-refractivity contribution < 1.29 is 85.6 Å². The van der Waals surface area contributed by atoms with Crippen LogP contribution in [0.1, 0.15) is 130 Å². The summed E-state index contributed by atoms with van der Waals surface area (Å²) in [4.78, 5) is 41.3. The predicted molar refractivity (Wildman–Crippen MR) is 508 cm³/mol. The summed E-state index contributed by atoms with van der Waals surface area (Å²) in [6, 6.07) is 120. The van der Waals surface area contributed by atoms with E-state index in [2.05, 4.69) is 334 Å². The number of aromatic nitrogens is 5. The molecule has 4 aliphatic rings. The van der Waals surface area contributed by atoms with Gasteiger partial charge in [0, 0.05) is 114 Å². The molecule has 10 nitrogen and oxygen atoms in total. The van der Waals surface area contributed by atoms with Crippen molar-refractivity contribution >= 4 is 93.1 Å². The molecule has 634 valence electrons. The number of carbonyl (C=O) groups excluding carboxylic acids is 2. The maximum Gasteiger partial charge on any atom is 2.00 e. The second kappa shape index (κ2) is 38.6. The van der Waals surface area contributed by atoms with Crippen molar-refractivity contribution in [2.45, 2.75) is 97.4 Å². The van der Waals surface area contributed by atoms with E-state index in [-0.39, 0.29) is 95.2 Å². The molecule has 10 heterocycles. The van der Waals surface area contributed by atoms with Gasteiger partial charge in [0.2, 0.25) is 5.69 Å². The van der Waals surface area contributed by atoms with Crippen LogP contribution in [0.3, 0.4) is 0 Å². The van der Waals surface area contributed by atoms with Crippen LogP contribution in [0.2, 0.25) is 0 Å². The zero-order valence-electron chi connectivity index (χ0n) is 71.8. The van der Waals surface area contributed by atoms with E-state index in [0.717, 1.165) is 79.7 Å². The number of aliphatic hydroxyl groups excluding tert-OH is 2. The summed E-state index contributed by atoms with van der Waals surface area (Å²) in [7, 11) is 0. The third-order valence-corrected chi connectivity index (χ3v) is 25.5. The fourth-order valence-corrected chi connectivity index (χ4v) is 19.7. The number of pyridine rings is 5. The Balaban J connectivity index is 0.000000144. The largest absolute Gasteiger partial charge is 2.00 e. The van der Waals surface area contributed by atoms with Gasteiger partial charge >= 0.3 is 21.1 Å². The standard InChI is InChI=1S/C49H33N3.C21H18NS.C19H16N.C13H8NS.2C5H8O2.2Ir.Pt/c1-48(36-16-5-2-6-17-36)39-28-26-34(43-24-11-13-30-50-43)32-45(39)52-46-33-35(44-25-12-14-31-51-44)27-29-40(46)49(37-18-7-3-8-19-37,38-20-9-4-10-21-38)42-23-15-22-41(48)47(42)52;1-21(2,3)15-10-8-14(9-11-15)19-17-12-13-23-20(17)16-6-4-5-7-18(16)22-19;1-19(2)14-7-3-5-12-9-10-20-11-13-6-4-8-15(19)17(13)18(20)16(12)14;1-2-4-10(5-3-1)13-11-7-9-15-12(11)6-8-14-13;2*1-4(6)3-5(2)7;;;/h2-31H,1H3;4-8,10-13H,1-3H3;3-10H,11H2,1-2H3;1-4,6-9H;2*3,6H,1-2H3;;;/q-2;-1;+1;-1;;;;;+2. The van der Waals surface area contributed by atoms with Gasteiger partial charge in [-0.2, -0.15) is 4.57 Å². The molecule has 0 spiro atoms. The van der Waals surface area contributed by atoms with Crippen molar-refractivity contribution in [3.63, 3.8) is 0 Å². The number of rotatable bonds is 9. The van der Waals surface area contributed by atoms with Crippen LogP contribution in [0.4, 0.5) is 17.1 Å². The fraction of sp³-hybridized carbons (Fsp3) is 0.134. The topological polar surface area (TPSA) is 133 Å². The van der Waals surface area contributed by atoms with Gasteiger partial charge in [0.1, 0.15) is 0 Å². The van der Waals surface area contributed by atoms with E-state index in [1.807, 2.05) is 79.3 Å². The van der Waals surface area contributed by atoms with Crippen molar-refractivity contribution in [3.05, 3.63) is 442 Å². The van der Waals surface area contributed by atoms with Crippen molar-refractivity contribution in [2.75, 3.05) is 4.90 Å². The summed E-state index contributed by atoms with van der Waals surface area (Å²) in [6.45, 7) is 20.5. The number of allylic oxidation sites excluding steroid dienone is 4. The average Bonchev–Trinajstić information content (AvgIpc) is 1.33. The Labute approximate surface area is 792 Å². The minimum absolute atomic E-state index is 0. The summed E-state index contributed by atoms with van der Waals surface area (Å²) in [6.07, 6.45) is 10.1. The number of fused-ring (bicyclic) bond motifs is 8. The van der Waals surface area contributed by atoms with Gasteiger partial charge in [-0.3, -0.25) is 14.6 Å². The first kappa shape index (κ1) is 91.0. The van der Waals surface area contributed by atoms with E-state index in [0.29, 0.717) is 0 Å². The van der Waals surface area contributed by atoms with Gasteiger partial charge in [0.05, 0.1) is 33.7 Å². The van der Waals surface area contributed by atoms with Gasteiger partial charge < -0.3 is 30.1 Å². The molecule has 15 heteroatoms. The summed E-state index contributed by atoms with van der Waals surface area (Å²) in [5.74, 6) is -0.125. The molecule has 0 amide bonds. The second-order valence-electron chi connectivity index (χ2n) is 33.2. The quantitative estimate of drug-likeness (QED) is 0.0627. The zero-order valence-corrected chi connectivity index (χ0v) is 80.5. The first-order valence-electron chi connectivity index (χ1n) is 41.6. The van der Waals surface area contributed by atoms with Crippen LogP contribution in [0.5, 0.6) is 0 Å². The summed E-state index contributed by atoms with van der Waals surface area (Å²) < 4.78 is 4.99. The zero-order chi connectivity index (χ0) is 86.0. The fourth-order valence-electron chi connectivity index (χ4n) is 18.0.